The van der Waals surface area contributed by atoms with Crippen molar-refractivity contribution in [2.75, 3.05) is 0 Å². The van der Waals surface area contributed by atoms with Crippen molar-refractivity contribution in [2.45, 2.75) is 39.5 Å². The van der Waals surface area contributed by atoms with Crippen LogP contribution in [0.1, 0.15) is 39.5 Å². The standard InChI is InChI=1S/C8H15O/c1-3-5-8(2)6-4-7-9/h8H,3-6H2,1-2H3. The highest BCUT2D eigenvalue weighted by molar-refractivity contribution is 5.50. The number of hydrogen-bond acceptors (Lipinski definition) is 1. The van der Waals surface area contributed by atoms with Crippen molar-refractivity contribution in [1.29, 1.82) is 0 Å². The van der Waals surface area contributed by atoms with E-state index in [9.17, 15) is 4.79 Å². The number of carbonyl (C=O) groups excluding carboxylic acids is 1. The van der Waals surface area contributed by atoms with Gasteiger partial charge >= 0.3 is 0 Å². The van der Waals surface area contributed by atoms with Crippen molar-refractivity contribution in [1.82, 2.24) is 0 Å². The Bertz CT molecular complexity index is 69.0. The topological polar surface area (TPSA) is 17.1 Å². The molecule has 0 rings (SSSR count). The zero-order chi connectivity index (χ0) is 7.11. The molecule has 1 radical (unpaired) electrons. The highest BCUT2D eigenvalue weighted by Gasteiger charge is 1.98. The second kappa shape index (κ2) is 5.80. The lowest BCUT2D eigenvalue weighted by molar-refractivity contribution is 0.481. The maximum Gasteiger partial charge on any atom is 0.198 e. The average Bonchev–Trinajstić information content (AvgIpc) is 1.85. The fourth-order valence-corrected chi connectivity index (χ4v) is 0.942. The summed E-state index contributed by atoms with van der Waals surface area (Å²) in [5.74, 6) is 0.705. The van der Waals surface area contributed by atoms with E-state index in [-0.39, 0.29) is 0 Å². The van der Waals surface area contributed by atoms with E-state index < -0.39 is 0 Å². The molecule has 0 aromatic heterocycles. The third kappa shape index (κ3) is 5.54. The van der Waals surface area contributed by atoms with Gasteiger partial charge in [0.2, 0.25) is 0 Å². The molecular weight excluding hydrogens is 112 g/mol. The minimum absolute atomic E-state index is 0.612. The van der Waals surface area contributed by atoms with Gasteiger partial charge in [0.1, 0.15) is 0 Å². The van der Waals surface area contributed by atoms with E-state index in [1.807, 2.05) is 6.29 Å². The van der Waals surface area contributed by atoms with Gasteiger partial charge in [-0.25, -0.2) is 0 Å². The monoisotopic (exact) mass is 127 g/mol. The first-order valence-electron chi connectivity index (χ1n) is 3.66. The lowest BCUT2D eigenvalue weighted by atomic mass is 10.0. The fourth-order valence-electron chi connectivity index (χ4n) is 0.942. The molecule has 0 heterocycles. The Morgan fingerprint density at radius 2 is 2.11 bits per heavy atom. The molecule has 1 heteroatoms. The van der Waals surface area contributed by atoms with Gasteiger partial charge in [-0.1, -0.05) is 26.7 Å². The van der Waals surface area contributed by atoms with E-state index >= 15 is 0 Å². The maximum absolute atomic E-state index is 9.79. The second-order valence-corrected chi connectivity index (χ2v) is 2.58. The van der Waals surface area contributed by atoms with Crippen molar-refractivity contribution < 1.29 is 4.79 Å². The lowest BCUT2D eigenvalue weighted by Gasteiger charge is -2.04. The summed E-state index contributed by atoms with van der Waals surface area (Å²) in [4.78, 5) is 9.79. The smallest absolute Gasteiger partial charge is 0.198 e. The summed E-state index contributed by atoms with van der Waals surface area (Å²) in [5.41, 5.74) is 0. The molecule has 0 aliphatic carbocycles. The maximum atomic E-state index is 9.79. The molecule has 1 nitrogen and oxygen atoms in total. The molecule has 0 bridgehead atoms. The Hall–Kier alpha value is -0.330. The molecule has 0 saturated heterocycles. The van der Waals surface area contributed by atoms with E-state index in [1.165, 1.54) is 12.8 Å². The Morgan fingerprint density at radius 3 is 2.56 bits per heavy atom. The van der Waals surface area contributed by atoms with Crippen LogP contribution in [-0.4, -0.2) is 6.29 Å². The van der Waals surface area contributed by atoms with Gasteiger partial charge in [0, 0.05) is 6.42 Å². The van der Waals surface area contributed by atoms with E-state index in [4.69, 9.17) is 0 Å². The molecule has 0 spiro atoms. The molecule has 0 amide bonds. The van der Waals surface area contributed by atoms with Crippen LogP contribution >= 0.6 is 0 Å². The van der Waals surface area contributed by atoms with Gasteiger partial charge < -0.3 is 0 Å². The van der Waals surface area contributed by atoms with E-state index in [1.54, 1.807) is 0 Å². The summed E-state index contributed by atoms with van der Waals surface area (Å²) in [6.07, 6.45) is 5.99. The number of rotatable bonds is 5. The van der Waals surface area contributed by atoms with Crippen molar-refractivity contribution in [3.63, 3.8) is 0 Å². The van der Waals surface area contributed by atoms with Crippen molar-refractivity contribution in [2.24, 2.45) is 5.92 Å². The Morgan fingerprint density at radius 1 is 1.44 bits per heavy atom. The SMILES string of the molecule is CCCC(C)CC[C]=O. The lowest BCUT2D eigenvalue weighted by Crippen LogP contribution is -1.93. The van der Waals surface area contributed by atoms with Gasteiger partial charge in [-0.3, -0.25) is 4.79 Å². The molecule has 0 aromatic carbocycles. The van der Waals surface area contributed by atoms with Crippen LogP contribution in [0.25, 0.3) is 0 Å². The Kier molecular flexibility index (Phi) is 5.59. The van der Waals surface area contributed by atoms with Crippen molar-refractivity contribution >= 4 is 6.29 Å². The molecule has 1 atom stereocenters. The van der Waals surface area contributed by atoms with Gasteiger partial charge in [-0.15, -0.1) is 0 Å². The molecule has 0 saturated carbocycles. The Balaban J connectivity index is 3.04. The summed E-state index contributed by atoms with van der Waals surface area (Å²) >= 11 is 0. The third-order valence-corrected chi connectivity index (χ3v) is 1.52. The molecule has 1 unspecified atom stereocenters. The van der Waals surface area contributed by atoms with Crippen LogP contribution in [0.4, 0.5) is 0 Å². The minimum Gasteiger partial charge on any atom is -0.291 e. The highest BCUT2D eigenvalue weighted by Crippen LogP contribution is 2.10. The second-order valence-electron chi connectivity index (χ2n) is 2.58. The molecule has 0 N–H and O–H groups in total. The summed E-state index contributed by atoms with van der Waals surface area (Å²) < 4.78 is 0. The van der Waals surface area contributed by atoms with Crippen molar-refractivity contribution in [3.05, 3.63) is 0 Å². The molecule has 0 fully saturated rings. The summed E-state index contributed by atoms with van der Waals surface area (Å²) in [6.45, 7) is 4.35. The van der Waals surface area contributed by atoms with Gasteiger partial charge in [-0.05, 0) is 12.3 Å². The molecule has 0 aromatic rings. The summed E-state index contributed by atoms with van der Waals surface area (Å²) in [6, 6.07) is 0. The van der Waals surface area contributed by atoms with Gasteiger partial charge in [0.05, 0.1) is 0 Å². The quantitative estimate of drug-likeness (QED) is 0.554. The molecule has 9 heavy (non-hydrogen) atoms. The first-order chi connectivity index (χ1) is 4.31. The first kappa shape index (κ1) is 8.67. The van der Waals surface area contributed by atoms with Crippen LogP contribution in [0, 0.1) is 5.92 Å². The number of hydrogen-bond donors (Lipinski definition) is 0. The van der Waals surface area contributed by atoms with Gasteiger partial charge in [0.15, 0.2) is 6.29 Å². The van der Waals surface area contributed by atoms with E-state index in [0.29, 0.717) is 12.3 Å². The van der Waals surface area contributed by atoms with Crippen LogP contribution in [0.5, 0.6) is 0 Å². The van der Waals surface area contributed by atoms with E-state index in [2.05, 4.69) is 13.8 Å². The highest BCUT2D eigenvalue weighted by atomic mass is 16.1. The fraction of sp³-hybridized carbons (Fsp3) is 0.875. The van der Waals surface area contributed by atoms with Gasteiger partial charge in [0.25, 0.3) is 0 Å². The minimum atomic E-state index is 0.612. The van der Waals surface area contributed by atoms with E-state index in [0.717, 1.165) is 6.42 Å². The summed E-state index contributed by atoms with van der Waals surface area (Å²) in [7, 11) is 0. The average molecular weight is 127 g/mol. The van der Waals surface area contributed by atoms with Crippen LogP contribution in [0.2, 0.25) is 0 Å². The van der Waals surface area contributed by atoms with Crippen LogP contribution < -0.4 is 0 Å². The Labute approximate surface area is 57.5 Å². The third-order valence-electron chi connectivity index (χ3n) is 1.52. The van der Waals surface area contributed by atoms with Crippen molar-refractivity contribution in [3.8, 4) is 0 Å². The van der Waals surface area contributed by atoms with Crippen LogP contribution in [-0.2, 0) is 4.79 Å². The first-order valence-corrected chi connectivity index (χ1v) is 3.66. The molecule has 0 aliphatic rings. The molecule has 0 aliphatic heterocycles. The molecular formula is C8H15O. The molecule has 53 valence electrons. The predicted octanol–water partition coefficient (Wildman–Crippen LogP) is 2.31. The zero-order valence-corrected chi connectivity index (χ0v) is 6.31. The zero-order valence-electron chi connectivity index (χ0n) is 6.31. The van der Waals surface area contributed by atoms with Crippen LogP contribution in [0.15, 0.2) is 0 Å². The normalized spacial score (nSPS) is 13.1. The largest absolute Gasteiger partial charge is 0.291 e. The predicted molar refractivity (Wildman–Crippen MR) is 39.0 cm³/mol. The summed E-state index contributed by atoms with van der Waals surface area (Å²) in [5, 5.41) is 0. The van der Waals surface area contributed by atoms with Crippen LogP contribution in [0.3, 0.4) is 0 Å². The van der Waals surface area contributed by atoms with Gasteiger partial charge in [-0.2, -0.15) is 0 Å².